The highest BCUT2D eigenvalue weighted by Crippen LogP contribution is 2.25. The Labute approximate surface area is 183 Å². The van der Waals surface area contributed by atoms with Crippen molar-refractivity contribution in [2.24, 2.45) is 5.73 Å². The van der Waals surface area contributed by atoms with Crippen molar-refractivity contribution in [3.8, 4) is 11.4 Å². The lowest BCUT2D eigenvalue weighted by atomic mass is 10.2. The standard InChI is InChI=1S/C22H20ClFN4O3/c1-14-19(22(23)28(27-14)17-6-2-15(24)3-7-17)10-11-21(30)26-16-4-8-18(9-5-16)31-13-12-20(25)29/h2-11H,12-13H2,1H3,(H2,25,29)(H,26,30). The number of anilines is 1. The summed E-state index contributed by atoms with van der Waals surface area (Å²) in [5.41, 5.74) is 7.44. The molecule has 0 fully saturated rings. The van der Waals surface area contributed by atoms with E-state index in [2.05, 4.69) is 10.4 Å². The van der Waals surface area contributed by atoms with Gasteiger partial charge >= 0.3 is 0 Å². The van der Waals surface area contributed by atoms with Gasteiger partial charge < -0.3 is 15.8 Å². The third kappa shape index (κ3) is 5.93. The van der Waals surface area contributed by atoms with Gasteiger partial charge in [-0.1, -0.05) is 11.6 Å². The molecule has 0 saturated carbocycles. The van der Waals surface area contributed by atoms with Gasteiger partial charge in [-0.15, -0.1) is 0 Å². The van der Waals surface area contributed by atoms with Crippen LogP contribution in [0.15, 0.2) is 54.6 Å². The number of benzene rings is 2. The summed E-state index contributed by atoms with van der Waals surface area (Å²) in [6, 6.07) is 12.5. The average Bonchev–Trinajstić information content (AvgIpc) is 3.01. The molecule has 3 aromatic rings. The maximum Gasteiger partial charge on any atom is 0.248 e. The number of hydrogen-bond acceptors (Lipinski definition) is 4. The van der Waals surface area contributed by atoms with Gasteiger partial charge in [0.05, 0.1) is 24.4 Å². The van der Waals surface area contributed by atoms with Gasteiger partial charge in [0.1, 0.15) is 16.7 Å². The van der Waals surface area contributed by atoms with Gasteiger partial charge in [0, 0.05) is 17.3 Å². The molecule has 7 nitrogen and oxygen atoms in total. The third-order valence-electron chi connectivity index (χ3n) is 4.26. The van der Waals surface area contributed by atoms with Gasteiger partial charge in [0.15, 0.2) is 0 Å². The zero-order valence-electron chi connectivity index (χ0n) is 16.6. The van der Waals surface area contributed by atoms with Gasteiger partial charge in [0.2, 0.25) is 11.8 Å². The molecule has 0 aliphatic carbocycles. The Bertz CT molecular complexity index is 1110. The number of carbonyl (C=O) groups excluding carboxylic acids is 2. The van der Waals surface area contributed by atoms with E-state index < -0.39 is 5.91 Å². The second-order valence-corrected chi connectivity index (χ2v) is 6.95. The average molecular weight is 443 g/mol. The number of halogens is 2. The second kappa shape index (κ2) is 9.90. The summed E-state index contributed by atoms with van der Waals surface area (Å²) in [5, 5.41) is 7.39. The minimum Gasteiger partial charge on any atom is -0.493 e. The number of nitrogens with one attached hydrogen (secondary N) is 1. The number of aryl methyl sites for hydroxylation is 1. The van der Waals surface area contributed by atoms with Crippen LogP contribution in [0.1, 0.15) is 17.7 Å². The molecule has 2 amide bonds. The molecule has 1 heterocycles. The van der Waals surface area contributed by atoms with Crippen molar-refractivity contribution >= 4 is 35.2 Å². The SMILES string of the molecule is Cc1nn(-c2ccc(F)cc2)c(Cl)c1C=CC(=O)Nc1ccc(OCCC(N)=O)cc1. The molecule has 31 heavy (non-hydrogen) atoms. The molecule has 1 aromatic heterocycles. The topological polar surface area (TPSA) is 99.2 Å². The van der Waals surface area contributed by atoms with E-state index in [1.54, 1.807) is 49.4 Å². The van der Waals surface area contributed by atoms with Crippen LogP contribution >= 0.6 is 11.6 Å². The van der Waals surface area contributed by atoms with Crippen molar-refractivity contribution in [2.45, 2.75) is 13.3 Å². The molecule has 2 aromatic carbocycles. The second-order valence-electron chi connectivity index (χ2n) is 6.59. The first-order chi connectivity index (χ1) is 14.8. The van der Waals surface area contributed by atoms with E-state index in [1.165, 1.54) is 22.9 Å². The highest BCUT2D eigenvalue weighted by atomic mass is 35.5. The monoisotopic (exact) mass is 442 g/mol. The summed E-state index contributed by atoms with van der Waals surface area (Å²) >= 11 is 6.41. The van der Waals surface area contributed by atoms with E-state index in [0.717, 1.165) is 0 Å². The van der Waals surface area contributed by atoms with Crippen molar-refractivity contribution in [1.29, 1.82) is 0 Å². The number of amides is 2. The predicted molar refractivity (Wildman–Crippen MR) is 117 cm³/mol. The maximum atomic E-state index is 13.1. The number of rotatable bonds is 8. The molecule has 160 valence electrons. The lowest BCUT2D eigenvalue weighted by Crippen LogP contribution is -2.14. The van der Waals surface area contributed by atoms with Crippen LogP contribution in [0.5, 0.6) is 5.75 Å². The molecule has 9 heteroatoms. The smallest absolute Gasteiger partial charge is 0.248 e. The number of nitrogens with zero attached hydrogens (tertiary/aromatic N) is 2. The van der Waals surface area contributed by atoms with Crippen LogP contribution < -0.4 is 15.8 Å². The van der Waals surface area contributed by atoms with E-state index in [4.69, 9.17) is 22.1 Å². The number of hydrogen-bond donors (Lipinski definition) is 2. The molecule has 3 rings (SSSR count). The molecular weight excluding hydrogens is 423 g/mol. The molecule has 0 unspecified atom stereocenters. The highest BCUT2D eigenvalue weighted by Gasteiger charge is 2.13. The summed E-state index contributed by atoms with van der Waals surface area (Å²) in [4.78, 5) is 23.0. The Kier molecular flexibility index (Phi) is 7.04. The Morgan fingerprint density at radius 1 is 1.19 bits per heavy atom. The minimum atomic E-state index is -0.436. The maximum absolute atomic E-state index is 13.1. The fraction of sp³-hybridized carbons (Fsp3) is 0.136. The van der Waals surface area contributed by atoms with Gasteiger partial charge in [-0.05, 0) is 61.5 Å². The number of aromatic nitrogens is 2. The fourth-order valence-corrected chi connectivity index (χ4v) is 3.04. The Hall–Kier alpha value is -3.65. The quantitative estimate of drug-likeness (QED) is 0.517. The van der Waals surface area contributed by atoms with Crippen LogP contribution in [0.2, 0.25) is 5.15 Å². The normalized spacial score (nSPS) is 10.9. The van der Waals surface area contributed by atoms with Gasteiger partial charge in [-0.25, -0.2) is 9.07 Å². The summed E-state index contributed by atoms with van der Waals surface area (Å²) in [6.45, 7) is 1.95. The van der Waals surface area contributed by atoms with Crippen molar-refractivity contribution in [3.63, 3.8) is 0 Å². The van der Waals surface area contributed by atoms with Gasteiger partial charge in [-0.3, -0.25) is 9.59 Å². The number of primary amides is 1. The molecule has 0 atom stereocenters. The summed E-state index contributed by atoms with van der Waals surface area (Å²) < 4.78 is 20.0. The van der Waals surface area contributed by atoms with Crippen molar-refractivity contribution in [2.75, 3.05) is 11.9 Å². The molecule has 0 radical (unpaired) electrons. The number of nitrogens with two attached hydrogens (primary N) is 1. The summed E-state index contributed by atoms with van der Waals surface area (Å²) in [6.07, 6.45) is 3.05. The summed E-state index contributed by atoms with van der Waals surface area (Å²) in [5.74, 6) is -0.585. The van der Waals surface area contributed by atoms with Crippen LogP contribution in [0.3, 0.4) is 0 Å². The number of carbonyl (C=O) groups is 2. The lowest BCUT2D eigenvalue weighted by molar-refractivity contribution is -0.118. The predicted octanol–water partition coefficient (Wildman–Crippen LogP) is 3.88. The zero-order chi connectivity index (χ0) is 22.4. The fourth-order valence-electron chi connectivity index (χ4n) is 2.70. The van der Waals surface area contributed by atoms with E-state index in [1.807, 2.05) is 0 Å². The largest absolute Gasteiger partial charge is 0.493 e. The summed E-state index contributed by atoms with van der Waals surface area (Å²) in [7, 11) is 0. The molecule has 0 saturated heterocycles. The third-order valence-corrected chi connectivity index (χ3v) is 4.62. The Morgan fingerprint density at radius 3 is 2.52 bits per heavy atom. The first-order valence-corrected chi connectivity index (χ1v) is 9.72. The number of ether oxygens (including phenoxy) is 1. The van der Waals surface area contributed by atoms with Crippen LogP contribution in [-0.4, -0.2) is 28.2 Å². The first-order valence-electron chi connectivity index (χ1n) is 9.35. The first kappa shape index (κ1) is 22.0. The molecule has 3 N–H and O–H groups in total. The molecule has 0 bridgehead atoms. The van der Waals surface area contributed by atoms with Crippen LogP contribution in [0.25, 0.3) is 11.8 Å². The molecule has 0 spiro atoms. The Morgan fingerprint density at radius 2 is 1.87 bits per heavy atom. The molecule has 0 aliphatic heterocycles. The van der Waals surface area contributed by atoms with Gasteiger partial charge in [0.25, 0.3) is 0 Å². The van der Waals surface area contributed by atoms with Crippen LogP contribution in [0.4, 0.5) is 10.1 Å². The van der Waals surface area contributed by atoms with Gasteiger partial charge in [-0.2, -0.15) is 5.10 Å². The van der Waals surface area contributed by atoms with Crippen molar-refractivity contribution in [1.82, 2.24) is 9.78 Å². The van der Waals surface area contributed by atoms with Crippen LogP contribution in [-0.2, 0) is 9.59 Å². The minimum absolute atomic E-state index is 0.128. The van der Waals surface area contributed by atoms with E-state index >= 15 is 0 Å². The van der Waals surface area contributed by atoms with Crippen molar-refractivity contribution < 1.29 is 18.7 Å². The van der Waals surface area contributed by atoms with Crippen molar-refractivity contribution in [3.05, 3.63) is 76.8 Å². The van der Waals surface area contributed by atoms with E-state index in [9.17, 15) is 14.0 Å². The van der Waals surface area contributed by atoms with E-state index in [0.29, 0.717) is 33.5 Å². The highest BCUT2D eigenvalue weighted by molar-refractivity contribution is 6.31. The molecular formula is C22H20ClFN4O3. The zero-order valence-corrected chi connectivity index (χ0v) is 17.4. The lowest BCUT2D eigenvalue weighted by Gasteiger charge is -2.06. The Balaban J connectivity index is 1.63. The van der Waals surface area contributed by atoms with Crippen LogP contribution in [0, 0.1) is 12.7 Å². The molecule has 0 aliphatic rings. The van der Waals surface area contributed by atoms with E-state index in [-0.39, 0.29) is 24.8 Å².